The maximum absolute atomic E-state index is 6.20. The lowest BCUT2D eigenvalue weighted by Gasteiger charge is -2.17. The van der Waals surface area contributed by atoms with Crippen LogP contribution < -0.4 is 0 Å². The van der Waals surface area contributed by atoms with Crippen molar-refractivity contribution in [3.63, 3.8) is 0 Å². The summed E-state index contributed by atoms with van der Waals surface area (Å²) in [6, 6.07) is 18.9. The Bertz CT molecular complexity index is 655. The van der Waals surface area contributed by atoms with Crippen LogP contribution in [0.3, 0.4) is 0 Å². The Morgan fingerprint density at radius 1 is 1.12 bits per heavy atom. The third-order valence-electron chi connectivity index (χ3n) is 4.32. The highest BCUT2D eigenvalue weighted by Gasteiger charge is 2.12. The standard InChI is InChI=1S/C23H27Cl/c1-3-11-20(4-2)23(21-15-10-16-22(24)18-21)17-9-8-14-19-12-6-5-7-13-19/h4-7,10,12-13,15-18,20H,2-3,8-9,11,14H2,1H3/b23-17-/t20-/m1/s1. The minimum atomic E-state index is 0.394. The maximum Gasteiger partial charge on any atom is 0.0412 e. The van der Waals surface area contributed by atoms with Crippen LogP contribution in [0.25, 0.3) is 5.57 Å². The molecule has 2 aromatic rings. The number of rotatable bonds is 9. The molecule has 2 aromatic carbocycles. The van der Waals surface area contributed by atoms with Gasteiger partial charge in [0.1, 0.15) is 0 Å². The van der Waals surface area contributed by atoms with E-state index < -0.39 is 0 Å². The highest BCUT2D eigenvalue weighted by molar-refractivity contribution is 6.30. The molecule has 0 unspecified atom stereocenters. The van der Waals surface area contributed by atoms with Crippen molar-refractivity contribution in [3.8, 4) is 0 Å². The lowest BCUT2D eigenvalue weighted by atomic mass is 9.88. The van der Waals surface area contributed by atoms with Crippen molar-refractivity contribution in [1.29, 1.82) is 0 Å². The SMILES string of the molecule is C=C[C@H](CCC)/C(=C/CCCc1ccccc1)c1cccc(Cl)c1. The average molecular weight is 339 g/mol. The lowest BCUT2D eigenvalue weighted by Crippen LogP contribution is -2.00. The first-order chi connectivity index (χ1) is 11.7. The molecule has 0 heterocycles. The first-order valence-corrected chi connectivity index (χ1v) is 9.25. The smallest absolute Gasteiger partial charge is 0.0412 e. The molecule has 0 radical (unpaired) electrons. The molecule has 0 aliphatic heterocycles. The van der Waals surface area contributed by atoms with Gasteiger partial charge in [-0.15, -0.1) is 6.58 Å². The summed E-state index contributed by atoms with van der Waals surface area (Å²) in [5, 5.41) is 0.794. The summed E-state index contributed by atoms with van der Waals surface area (Å²) in [6.07, 6.45) is 10.1. The van der Waals surface area contributed by atoms with E-state index in [9.17, 15) is 0 Å². The first kappa shape index (κ1) is 18.5. The number of halogens is 1. The Balaban J connectivity index is 2.10. The zero-order valence-corrected chi connectivity index (χ0v) is 15.3. The predicted molar refractivity (Wildman–Crippen MR) is 107 cm³/mol. The van der Waals surface area contributed by atoms with E-state index in [2.05, 4.69) is 68.1 Å². The van der Waals surface area contributed by atoms with Gasteiger partial charge in [0, 0.05) is 10.9 Å². The van der Waals surface area contributed by atoms with Crippen LogP contribution >= 0.6 is 11.6 Å². The fraction of sp³-hybridized carbons (Fsp3) is 0.304. The molecule has 0 spiro atoms. The van der Waals surface area contributed by atoms with E-state index in [1.54, 1.807) is 0 Å². The highest BCUT2D eigenvalue weighted by Crippen LogP contribution is 2.30. The molecular formula is C23H27Cl. The lowest BCUT2D eigenvalue weighted by molar-refractivity contribution is 0.703. The molecule has 2 rings (SSSR count). The zero-order chi connectivity index (χ0) is 17.2. The van der Waals surface area contributed by atoms with Gasteiger partial charge in [-0.1, -0.05) is 79.6 Å². The Labute approximate surface area is 151 Å². The quantitative estimate of drug-likeness (QED) is 0.331. The van der Waals surface area contributed by atoms with E-state index in [0.717, 1.165) is 37.1 Å². The Morgan fingerprint density at radius 2 is 1.92 bits per heavy atom. The summed E-state index contributed by atoms with van der Waals surface area (Å²) in [5.74, 6) is 0.394. The maximum atomic E-state index is 6.20. The van der Waals surface area contributed by atoms with Gasteiger partial charge in [0.2, 0.25) is 0 Å². The Morgan fingerprint density at radius 3 is 2.58 bits per heavy atom. The summed E-state index contributed by atoms with van der Waals surface area (Å²) in [7, 11) is 0. The summed E-state index contributed by atoms with van der Waals surface area (Å²) < 4.78 is 0. The normalized spacial score (nSPS) is 12.8. The van der Waals surface area contributed by atoms with Gasteiger partial charge in [0.25, 0.3) is 0 Å². The highest BCUT2D eigenvalue weighted by atomic mass is 35.5. The van der Waals surface area contributed by atoms with Crippen molar-refractivity contribution in [2.75, 3.05) is 0 Å². The van der Waals surface area contributed by atoms with Gasteiger partial charge < -0.3 is 0 Å². The van der Waals surface area contributed by atoms with Crippen LogP contribution in [-0.2, 0) is 6.42 Å². The number of benzene rings is 2. The number of allylic oxidation sites excluding steroid dienone is 3. The molecule has 0 nitrogen and oxygen atoms in total. The van der Waals surface area contributed by atoms with Crippen LogP contribution in [0.2, 0.25) is 5.02 Å². The molecule has 0 saturated heterocycles. The van der Waals surface area contributed by atoms with Gasteiger partial charge in [0.15, 0.2) is 0 Å². The van der Waals surface area contributed by atoms with Crippen molar-refractivity contribution in [2.45, 2.75) is 39.0 Å². The van der Waals surface area contributed by atoms with Gasteiger partial charge in [-0.3, -0.25) is 0 Å². The third kappa shape index (κ3) is 5.69. The number of unbranched alkanes of at least 4 members (excludes halogenated alkanes) is 1. The molecule has 126 valence electrons. The molecule has 0 aliphatic rings. The summed E-state index contributed by atoms with van der Waals surface area (Å²) in [5.41, 5.74) is 3.99. The Kier molecular flexibility index (Phi) is 7.85. The summed E-state index contributed by atoms with van der Waals surface area (Å²) >= 11 is 6.20. The molecule has 24 heavy (non-hydrogen) atoms. The van der Waals surface area contributed by atoms with Crippen molar-refractivity contribution in [2.24, 2.45) is 5.92 Å². The largest absolute Gasteiger partial charge is 0.102 e. The van der Waals surface area contributed by atoms with Gasteiger partial charge in [-0.05, 0) is 54.5 Å². The fourth-order valence-corrected chi connectivity index (χ4v) is 3.26. The van der Waals surface area contributed by atoms with Crippen LogP contribution in [-0.4, -0.2) is 0 Å². The second-order valence-electron chi connectivity index (χ2n) is 6.18. The van der Waals surface area contributed by atoms with E-state index in [0.29, 0.717) is 5.92 Å². The zero-order valence-electron chi connectivity index (χ0n) is 14.5. The second kappa shape index (κ2) is 10.2. The second-order valence-corrected chi connectivity index (χ2v) is 6.61. The number of hydrogen-bond donors (Lipinski definition) is 0. The minimum Gasteiger partial charge on any atom is -0.102 e. The number of hydrogen-bond acceptors (Lipinski definition) is 0. The monoisotopic (exact) mass is 338 g/mol. The minimum absolute atomic E-state index is 0.394. The third-order valence-corrected chi connectivity index (χ3v) is 4.55. The predicted octanol–water partition coefficient (Wildman–Crippen LogP) is 7.35. The van der Waals surface area contributed by atoms with E-state index >= 15 is 0 Å². The first-order valence-electron chi connectivity index (χ1n) is 8.87. The molecule has 1 atom stereocenters. The van der Waals surface area contributed by atoms with Gasteiger partial charge in [-0.2, -0.15) is 0 Å². The van der Waals surface area contributed by atoms with E-state index in [-0.39, 0.29) is 0 Å². The molecule has 0 N–H and O–H groups in total. The van der Waals surface area contributed by atoms with Crippen LogP contribution in [0, 0.1) is 5.92 Å². The van der Waals surface area contributed by atoms with Crippen LogP contribution in [0.4, 0.5) is 0 Å². The van der Waals surface area contributed by atoms with Crippen molar-refractivity contribution >= 4 is 17.2 Å². The van der Waals surface area contributed by atoms with E-state index in [4.69, 9.17) is 11.6 Å². The average Bonchev–Trinajstić information content (AvgIpc) is 2.61. The van der Waals surface area contributed by atoms with Crippen molar-refractivity contribution in [3.05, 3.63) is 89.5 Å². The van der Waals surface area contributed by atoms with Crippen LogP contribution in [0.5, 0.6) is 0 Å². The summed E-state index contributed by atoms with van der Waals surface area (Å²) in [6.45, 7) is 6.27. The van der Waals surface area contributed by atoms with Crippen molar-refractivity contribution < 1.29 is 0 Å². The number of aryl methyl sites for hydroxylation is 1. The van der Waals surface area contributed by atoms with E-state index in [1.807, 2.05) is 12.1 Å². The molecule has 0 aliphatic carbocycles. The molecule has 0 bridgehead atoms. The molecule has 0 amide bonds. The Hall–Kier alpha value is -1.79. The van der Waals surface area contributed by atoms with Crippen LogP contribution in [0.1, 0.15) is 43.7 Å². The molecular weight excluding hydrogens is 312 g/mol. The molecule has 0 saturated carbocycles. The fourth-order valence-electron chi connectivity index (χ4n) is 3.07. The summed E-state index contributed by atoms with van der Waals surface area (Å²) in [4.78, 5) is 0. The van der Waals surface area contributed by atoms with Crippen molar-refractivity contribution in [1.82, 2.24) is 0 Å². The van der Waals surface area contributed by atoms with Gasteiger partial charge in [-0.25, -0.2) is 0 Å². The molecule has 0 aromatic heterocycles. The molecule has 1 heteroatoms. The van der Waals surface area contributed by atoms with Crippen LogP contribution in [0.15, 0.2) is 73.3 Å². The topological polar surface area (TPSA) is 0 Å². The molecule has 0 fully saturated rings. The van der Waals surface area contributed by atoms with E-state index in [1.165, 1.54) is 16.7 Å². The van der Waals surface area contributed by atoms with Gasteiger partial charge in [0.05, 0.1) is 0 Å². The van der Waals surface area contributed by atoms with Gasteiger partial charge >= 0.3 is 0 Å².